The first-order chi connectivity index (χ1) is 8.91. The van der Waals surface area contributed by atoms with Crippen LogP contribution < -0.4 is 4.74 Å². The summed E-state index contributed by atoms with van der Waals surface area (Å²) in [6.07, 6.45) is 0. The SMILES string of the molecule is COS(=O)(=O)OC.COc1ccc2nc(C)oc2c1. The van der Waals surface area contributed by atoms with Gasteiger partial charge in [-0.05, 0) is 12.1 Å². The highest BCUT2D eigenvalue weighted by Gasteiger charge is 2.02. The predicted molar refractivity (Wildman–Crippen MR) is 68.2 cm³/mol. The van der Waals surface area contributed by atoms with E-state index in [1.54, 1.807) is 7.11 Å². The second kappa shape index (κ2) is 6.50. The van der Waals surface area contributed by atoms with Crippen LogP contribution in [0.3, 0.4) is 0 Å². The van der Waals surface area contributed by atoms with Crippen molar-refractivity contribution < 1.29 is 25.9 Å². The van der Waals surface area contributed by atoms with E-state index >= 15 is 0 Å². The Balaban J connectivity index is 0.000000224. The first kappa shape index (κ1) is 15.4. The van der Waals surface area contributed by atoms with Gasteiger partial charge in [-0.3, -0.25) is 8.37 Å². The lowest BCUT2D eigenvalue weighted by Crippen LogP contribution is -2.02. The van der Waals surface area contributed by atoms with E-state index in [1.807, 2.05) is 25.1 Å². The minimum Gasteiger partial charge on any atom is -0.497 e. The number of benzene rings is 1. The van der Waals surface area contributed by atoms with E-state index in [2.05, 4.69) is 13.4 Å². The Morgan fingerprint density at radius 2 is 1.79 bits per heavy atom. The molecule has 2 aromatic rings. The largest absolute Gasteiger partial charge is 0.497 e. The van der Waals surface area contributed by atoms with E-state index in [4.69, 9.17) is 9.15 Å². The molecule has 0 saturated heterocycles. The van der Waals surface area contributed by atoms with Crippen LogP contribution >= 0.6 is 0 Å². The van der Waals surface area contributed by atoms with Crippen molar-refractivity contribution in [2.24, 2.45) is 0 Å². The van der Waals surface area contributed by atoms with Gasteiger partial charge in [-0.15, -0.1) is 0 Å². The van der Waals surface area contributed by atoms with Gasteiger partial charge in [0, 0.05) is 13.0 Å². The van der Waals surface area contributed by atoms with Gasteiger partial charge < -0.3 is 9.15 Å². The molecule has 106 valence electrons. The quantitative estimate of drug-likeness (QED) is 0.849. The maximum Gasteiger partial charge on any atom is 0.399 e. The molecule has 0 aliphatic carbocycles. The van der Waals surface area contributed by atoms with Gasteiger partial charge in [-0.2, -0.15) is 8.42 Å². The van der Waals surface area contributed by atoms with Gasteiger partial charge in [-0.1, -0.05) is 0 Å². The van der Waals surface area contributed by atoms with E-state index in [1.165, 1.54) is 0 Å². The molecule has 19 heavy (non-hydrogen) atoms. The van der Waals surface area contributed by atoms with E-state index in [9.17, 15) is 8.42 Å². The summed E-state index contributed by atoms with van der Waals surface area (Å²) in [5.41, 5.74) is 1.64. The third kappa shape index (κ3) is 4.51. The normalized spacial score (nSPS) is 10.9. The molecule has 0 unspecified atom stereocenters. The molecule has 0 aliphatic rings. The summed E-state index contributed by atoms with van der Waals surface area (Å²) in [5, 5.41) is 0. The summed E-state index contributed by atoms with van der Waals surface area (Å²) in [4.78, 5) is 4.17. The van der Waals surface area contributed by atoms with Crippen molar-refractivity contribution >= 4 is 21.5 Å². The molecule has 8 heteroatoms. The van der Waals surface area contributed by atoms with Crippen molar-refractivity contribution in [3.8, 4) is 5.75 Å². The number of nitrogens with zero attached hydrogens (tertiary/aromatic N) is 1. The van der Waals surface area contributed by atoms with Gasteiger partial charge in [0.15, 0.2) is 11.5 Å². The number of hydrogen-bond donors (Lipinski definition) is 0. The zero-order valence-electron chi connectivity index (χ0n) is 11.0. The van der Waals surface area contributed by atoms with Gasteiger partial charge in [0.25, 0.3) is 0 Å². The van der Waals surface area contributed by atoms with Crippen LogP contribution in [0.25, 0.3) is 11.1 Å². The molecular formula is C11H15NO6S. The first-order valence-electron chi connectivity index (χ1n) is 5.19. The van der Waals surface area contributed by atoms with Gasteiger partial charge in [0.05, 0.1) is 21.3 Å². The summed E-state index contributed by atoms with van der Waals surface area (Å²) in [7, 11) is 0.0252. The topological polar surface area (TPSA) is 87.9 Å². The van der Waals surface area contributed by atoms with Crippen LogP contribution in [-0.4, -0.2) is 34.7 Å². The third-order valence-corrected chi connectivity index (χ3v) is 2.93. The van der Waals surface area contributed by atoms with Crippen LogP contribution in [0.1, 0.15) is 5.89 Å². The summed E-state index contributed by atoms with van der Waals surface area (Å²) in [6, 6.07) is 5.57. The number of ether oxygens (including phenoxy) is 1. The van der Waals surface area contributed by atoms with Crippen molar-refractivity contribution in [3.63, 3.8) is 0 Å². The average molecular weight is 289 g/mol. The zero-order chi connectivity index (χ0) is 14.5. The smallest absolute Gasteiger partial charge is 0.399 e. The fourth-order valence-corrected chi connectivity index (χ4v) is 1.35. The van der Waals surface area contributed by atoms with Crippen LogP contribution in [0.2, 0.25) is 0 Å². The molecule has 0 amide bonds. The van der Waals surface area contributed by atoms with Gasteiger partial charge in [-0.25, -0.2) is 4.98 Å². The lowest BCUT2D eigenvalue weighted by Gasteiger charge is -1.95. The summed E-state index contributed by atoms with van der Waals surface area (Å²) < 4.78 is 37.9. The molecule has 0 atom stereocenters. The molecule has 1 aromatic heterocycles. The highest BCUT2D eigenvalue weighted by atomic mass is 32.3. The monoisotopic (exact) mass is 289 g/mol. The van der Waals surface area contributed by atoms with E-state index in [-0.39, 0.29) is 0 Å². The molecule has 0 saturated carbocycles. The molecule has 1 heterocycles. The fraction of sp³-hybridized carbons (Fsp3) is 0.364. The third-order valence-electron chi connectivity index (χ3n) is 2.11. The highest BCUT2D eigenvalue weighted by molar-refractivity contribution is 7.81. The van der Waals surface area contributed by atoms with Crippen molar-refractivity contribution in [1.82, 2.24) is 4.98 Å². The lowest BCUT2D eigenvalue weighted by atomic mass is 10.3. The standard InChI is InChI=1S/C9H9NO2.C2H6O4S/c1-6-10-8-4-3-7(11-2)5-9(8)12-6;1-5-7(3,4)6-2/h3-5H,1-2H3;1-2H3. The minimum absolute atomic E-state index is 0.679. The molecule has 1 aromatic carbocycles. The number of rotatable bonds is 3. The Labute approximate surface area is 111 Å². The zero-order valence-corrected chi connectivity index (χ0v) is 11.9. The number of aromatic nitrogens is 1. The van der Waals surface area contributed by atoms with Crippen LogP contribution in [0.15, 0.2) is 22.6 Å². The van der Waals surface area contributed by atoms with Crippen LogP contribution in [0.4, 0.5) is 0 Å². The highest BCUT2D eigenvalue weighted by Crippen LogP contribution is 2.20. The van der Waals surface area contributed by atoms with Crippen LogP contribution in [-0.2, 0) is 18.8 Å². The van der Waals surface area contributed by atoms with E-state index in [0.29, 0.717) is 5.89 Å². The molecule has 7 nitrogen and oxygen atoms in total. The van der Waals surface area contributed by atoms with Crippen LogP contribution in [0.5, 0.6) is 5.75 Å². The molecule has 0 spiro atoms. The van der Waals surface area contributed by atoms with Gasteiger partial charge in [0.1, 0.15) is 11.3 Å². The van der Waals surface area contributed by atoms with Crippen molar-refractivity contribution in [2.75, 3.05) is 21.3 Å². The number of methoxy groups -OCH3 is 1. The predicted octanol–water partition coefficient (Wildman–Crippen LogP) is 1.67. The van der Waals surface area contributed by atoms with Crippen LogP contribution in [0, 0.1) is 6.92 Å². The van der Waals surface area contributed by atoms with Gasteiger partial charge >= 0.3 is 10.4 Å². The number of aryl methyl sites for hydroxylation is 1. The Morgan fingerprint density at radius 1 is 1.16 bits per heavy atom. The second-order valence-electron chi connectivity index (χ2n) is 3.31. The molecule has 0 fully saturated rings. The number of hydrogen-bond acceptors (Lipinski definition) is 7. The van der Waals surface area contributed by atoms with Crippen molar-refractivity contribution in [3.05, 3.63) is 24.1 Å². The Morgan fingerprint density at radius 3 is 2.26 bits per heavy atom. The summed E-state index contributed by atoms with van der Waals surface area (Å²) >= 11 is 0. The molecule has 0 radical (unpaired) electrons. The molecular weight excluding hydrogens is 274 g/mol. The maximum atomic E-state index is 9.92. The maximum absolute atomic E-state index is 9.92. The Hall–Kier alpha value is -1.64. The molecule has 2 rings (SSSR count). The van der Waals surface area contributed by atoms with E-state index in [0.717, 1.165) is 31.1 Å². The minimum atomic E-state index is -3.66. The number of fused-ring (bicyclic) bond motifs is 1. The lowest BCUT2D eigenvalue weighted by molar-refractivity contribution is 0.286. The Kier molecular flexibility index (Phi) is 5.28. The molecule has 0 aliphatic heterocycles. The van der Waals surface area contributed by atoms with Crippen molar-refractivity contribution in [2.45, 2.75) is 6.92 Å². The van der Waals surface area contributed by atoms with E-state index < -0.39 is 10.4 Å². The first-order valence-corrected chi connectivity index (χ1v) is 6.52. The number of oxazole rings is 1. The average Bonchev–Trinajstić information content (AvgIpc) is 2.78. The van der Waals surface area contributed by atoms with Crippen molar-refractivity contribution in [1.29, 1.82) is 0 Å². The second-order valence-corrected chi connectivity index (χ2v) is 4.79. The summed E-state index contributed by atoms with van der Waals surface area (Å²) in [5.74, 6) is 1.47. The summed E-state index contributed by atoms with van der Waals surface area (Å²) in [6.45, 7) is 1.83. The fourth-order valence-electron chi connectivity index (χ4n) is 1.22. The van der Waals surface area contributed by atoms with Gasteiger partial charge in [0.2, 0.25) is 0 Å². The molecule has 0 bridgehead atoms. The Bertz CT molecular complexity index is 624. The molecule has 0 N–H and O–H groups in total.